The van der Waals surface area contributed by atoms with E-state index in [4.69, 9.17) is 4.74 Å². The summed E-state index contributed by atoms with van der Waals surface area (Å²) >= 11 is 0. The van der Waals surface area contributed by atoms with Crippen molar-refractivity contribution >= 4 is 11.8 Å². The Morgan fingerprint density at radius 1 is 1.04 bits per heavy atom. The number of aromatic nitrogens is 3. The number of H-pyrrole nitrogens is 1. The van der Waals surface area contributed by atoms with E-state index in [0.29, 0.717) is 31.0 Å². The van der Waals surface area contributed by atoms with Crippen LogP contribution in [0.2, 0.25) is 0 Å². The van der Waals surface area contributed by atoms with Crippen molar-refractivity contribution in [1.82, 2.24) is 29.9 Å². The molecular formula is C18H28N6O3. The van der Waals surface area contributed by atoms with Crippen molar-refractivity contribution in [3.05, 3.63) is 12.2 Å². The number of piperidine rings is 2. The lowest BCUT2D eigenvalue weighted by atomic mass is 9.92. The Morgan fingerprint density at radius 2 is 1.81 bits per heavy atom. The Morgan fingerprint density at radius 3 is 2.52 bits per heavy atom. The van der Waals surface area contributed by atoms with Gasteiger partial charge in [0.2, 0.25) is 11.7 Å². The van der Waals surface area contributed by atoms with Gasteiger partial charge in [0.05, 0.1) is 19.1 Å². The second kappa shape index (κ2) is 8.35. The summed E-state index contributed by atoms with van der Waals surface area (Å²) in [5, 5.41) is 6.40. The quantitative estimate of drug-likeness (QED) is 0.797. The fraction of sp³-hybridized carbons (Fsp3) is 0.778. The van der Waals surface area contributed by atoms with Gasteiger partial charge in [-0.2, -0.15) is 5.10 Å². The molecule has 0 radical (unpaired) electrons. The Bertz CT molecular complexity index is 638. The summed E-state index contributed by atoms with van der Waals surface area (Å²) < 4.78 is 5.36. The molecule has 1 atom stereocenters. The van der Waals surface area contributed by atoms with E-state index in [0.717, 1.165) is 65.0 Å². The number of ether oxygens (including phenoxy) is 1. The van der Waals surface area contributed by atoms with E-state index in [-0.39, 0.29) is 11.8 Å². The molecule has 3 aliphatic heterocycles. The monoisotopic (exact) mass is 376 g/mol. The molecule has 1 unspecified atom stereocenters. The number of amides is 2. The van der Waals surface area contributed by atoms with Crippen LogP contribution >= 0.6 is 0 Å². The van der Waals surface area contributed by atoms with Crippen molar-refractivity contribution in [1.29, 1.82) is 0 Å². The van der Waals surface area contributed by atoms with Crippen LogP contribution in [-0.2, 0) is 9.53 Å². The molecule has 1 N–H and O–H groups in total. The lowest BCUT2D eigenvalue weighted by molar-refractivity contribution is -0.141. The first kappa shape index (κ1) is 18.4. The highest BCUT2D eigenvalue weighted by Gasteiger charge is 2.34. The Balaban J connectivity index is 1.29. The number of carbonyl (C=O) groups excluding carboxylic acids is 2. The van der Waals surface area contributed by atoms with Gasteiger partial charge in [-0.15, -0.1) is 0 Å². The Labute approximate surface area is 159 Å². The highest BCUT2D eigenvalue weighted by molar-refractivity contribution is 5.90. The predicted octanol–water partition coefficient (Wildman–Crippen LogP) is -0.0199. The molecule has 0 spiro atoms. The van der Waals surface area contributed by atoms with Gasteiger partial charge in [0.25, 0.3) is 5.91 Å². The molecule has 3 fully saturated rings. The number of hydrogen-bond donors (Lipinski definition) is 1. The van der Waals surface area contributed by atoms with Crippen LogP contribution in [0.3, 0.4) is 0 Å². The number of likely N-dealkylation sites (tertiary alicyclic amines) is 2. The van der Waals surface area contributed by atoms with Gasteiger partial charge < -0.3 is 14.5 Å². The van der Waals surface area contributed by atoms with E-state index in [2.05, 4.69) is 20.1 Å². The lowest BCUT2D eigenvalue weighted by Crippen LogP contribution is -2.53. The molecule has 3 aliphatic rings. The van der Waals surface area contributed by atoms with E-state index in [1.807, 2.05) is 9.80 Å². The van der Waals surface area contributed by atoms with Gasteiger partial charge in [-0.3, -0.25) is 19.6 Å². The van der Waals surface area contributed by atoms with E-state index < -0.39 is 0 Å². The third-order valence-corrected chi connectivity index (χ3v) is 6.01. The van der Waals surface area contributed by atoms with Gasteiger partial charge >= 0.3 is 0 Å². The summed E-state index contributed by atoms with van der Waals surface area (Å²) in [6, 6.07) is 0.448. The predicted molar refractivity (Wildman–Crippen MR) is 97.0 cm³/mol. The van der Waals surface area contributed by atoms with Crippen LogP contribution in [-0.4, -0.2) is 100 Å². The van der Waals surface area contributed by atoms with Crippen molar-refractivity contribution in [2.24, 2.45) is 5.92 Å². The first-order chi connectivity index (χ1) is 13.2. The lowest BCUT2D eigenvalue weighted by Gasteiger charge is -2.42. The maximum absolute atomic E-state index is 12.8. The average Bonchev–Trinajstić information content (AvgIpc) is 3.28. The highest BCUT2D eigenvalue weighted by Crippen LogP contribution is 2.25. The van der Waals surface area contributed by atoms with E-state index in [1.165, 1.54) is 6.33 Å². The molecule has 0 aromatic carbocycles. The summed E-state index contributed by atoms with van der Waals surface area (Å²) in [7, 11) is 0. The molecule has 0 bridgehead atoms. The van der Waals surface area contributed by atoms with Crippen molar-refractivity contribution in [2.75, 3.05) is 52.5 Å². The largest absolute Gasteiger partial charge is 0.378 e. The van der Waals surface area contributed by atoms with Gasteiger partial charge in [-0.25, -0.2) is 4.98 Å². The summed E-state index contributed by atoms with van der Waals surface area (Å²) in [6.07, 6.45) is 5.30. The van der Waals surface area contributed by atoms with Crippen LogP contribution in [0.25, 0.3) is 0 Å². The highest BCUT2D eigenvalue weighted by atomic mass is 16.5. The minimum absolute atomic E-state index is 0.0787. The summed E-state index contributed by atoms with van der Waals surface area (Å²) in [4.78, 5) is 35.4. The number of carbonyl (C=O) groups is 2. The van der Waals surface area contributed by atoms with Crippen molar-refractivity contribution < 1.29 is 14.3 Å². The van der Waals surface area contributed by atoms with Gasteiger partial charge in [-0.05, 0) is 32.2 Å². The summed E-state index contributed by atoms with van der Waals surface area (Å²) in [6.45, 7) is 6.09. The van der Waals surface area contributed by atoms with E-state index in [9.17, 15) is 9.59 Å². The smallest absolute Gasteiger partial charge is 0.291 e. The number of rotatable bonds is 3. The second-order valence-electron chi connectivity index (χ2n) is 7.63. The van der Waals surface area contributed by atoms with Crippen molar-refractivity contribution in [3.8, 4) is 0 Å². The third kappa shape index (κ3) is 4.14. The van der Waals surface area contributed by atoms with Crippen molar-refractivity contribution in [2.45, 2.75) is 31.7 Å². The van der Waals surface area contributed by atoms with Crippen LogP contribution < -0.4 is 0 Å². The topological polar surface area (TPSA) is 94.7 Å². The molecule has 3 saturated heterocycles. The third-order valence-electron chi connectivity index (χ3n) is 6.01. The van der Waals surface area contributed by atoms with Crippen LogP contribution in [0.15, 0.2) is 6.33 Å². The molecule has 9 heteroatoms. The van der Waals surface area contributed by atoms with Gasteiger partial charge in [0.1, 0.15) is 6.33 Å². The number of aromatic amines is 1. The maximum atomic E-state index is 12.8. The number of nitrogens with one attached hydrogen (secondary N) is 1. The summed E-state index contributed by atoms with van der Waals surface area (Å²) in [5.74, 6) is 0.624. The normalized spacial score (nSPS) is 25.6. The summed E-state index contributed by atoms with van der Waals surface area (Å²) in [5.41, 5.74) is 0. The zero-order chi connectivity index (χ0) is 18.6. The molecule has 27 heavy (non-hydrogen) atoms. The first-order valence-corrected chi connectivity index (χ1v) is 9.97. The van der Waals surface area contributed by atoms with E-state index in [1.54, 1.807) is 0 Å². The minimum Gasteiger partial charge on any atom is -0.378 e. The zero-order valence-electron chi connectivity index (χ0n) is 15.7. The Kier molecular flexibility index (Phi) is 5.68. The zero-order valence-corrected chi connectivity index (χ0v) is 15.7. The fourth-order valence-corrected chi connectivity index (χ4v) is 4.47. The number of nitrogens with zero attached hydrogens (tertiary/aromatic N) is 5. The second-order valence-corrected chi connectivity index (χ2v) is 7.63. The molecule has 0 aliphatic carbocycles. The molecule has 9 nitrogen and oxygen atoms in total. The number of hydrogen-bond acceptors (Lipinski definition) is 6. The first-order valence-electron chi connectivity index (χ1n) is 9.97. The molecule has 0 saturated carbocycles. The van der Waals surface area contributed by atoms with Crippen LogP contribution in [0.4, 0.5) is 0 Å². The molecule has 148 valence electrons. The Hall–Kier alpha value is -2.00. The standard InChI is InChI=1S/C18H28N6O3/c25-17(23-8-10-27-11-9-23)14-2-1-5-24(12-14)15-3-6-22(7-4-15)18(26)16-19-13-20-21-16/h13-15H,1-12H2,(H,19,20,21). The average molecular weight is 376 g/mol. The van der Waals surface area contributed by atoms with Gasteiger partial charge in [0.15, 0.2) is 0 Å². The van der Waals surface area contributed by atoms with Gasteiger partial charge in [0, 0.05) is 38.8 Å². The SMILES string of the molecule is O=C(c1ncn[nH]1)N1CCC(N2CCCC(C(=O)N3CCOCC3)C2)CC1. The number of morpholine rings is 1. The van der Waals surface area contributed by atoms with Crippen molar-refractivity contribution in [3.63, 3.8) is 0 Å². The molecule has 2 amide bonds. The van der Waals surface area contributed by atoms with Crippen LogP contribution in [0.1, 0.15) is 36.3 Å². The van der Waals surface area contributed by atoms with Gasteiger partial charge in [-0.1, -0.05) is 0 Å². The van der Waals surface area contributed by atoms with Crippen LogP contribution in [0.5, 0.6) is 0 Å². The molecule has 1 aromatic heterocycles. The van der Waals surface area contributed by atoms with Crippen LogP contribution in [0, 0.1) is 5.92 Å². The molecule has 4 heterocycles. The molecule has 1 aromatic rings. The molecular weight excluding hydrogens is 348 g/mol. The van der Waals surface area contributed by atoms with E-state index >= 15 is 0 Å². The molecule has 4 rings (SSSR count). The minimum atomic E-state index is -0.0787. The fourth-order valence-electron chi connectivity index (χ4n) is 4.47. The maximum Gasteiger partial charge on any atom is 0.291 e.